The van der Waals surface area contributed by atoms with E-state index in [0.29, 0.717) is 36.0 Å². The van der Waals surface area contributed by atoms with Gasteiger partial charge in [-0.15, -0.1) is 0 Å². The number of nitrogens with one attached hydrogen (secondary N) is 1. The van der Waals surface area contributed by atoms with Gasteiger partial charge in [0, 0.05) is 19.2 Å². The van der Waals surface area contributed by atoms with E-state index in [2.05, 4.69) is 56.4 Å². The maximum atomic E-state index is 11.3. The Morgan fingerprint density at radius 1 is 0.943 bits per heavy atom. The second-order valence-electron chi connectivity index (χ2n) is 13.3. The molecule has 35 heavy (non-hydrogen) atoms. The molecule has 1 aromatic rings. The van der Waals surface area contributed by atoms with E-state index in [9.17, 15) is 5.11 Å². The highest BCUT2D eigenvalue weighted by Crippen LogP contribution is 2.68. The molecule has 4 aliphatic rings. The van der Waals surface area contributed by atoms with Crippen LogP contribution in [-0.4, -0.2) is 30.0 Å². The van der Waals surface area contributed by atoms with Gasteiger partial charge in [0.25, 0.3) is 0 Å². The number of benzene rings is 1. The molecule has 1 aromatic carbocycles. The maximum Gasteiger partial charge on any atom is 0.0883 e. The Labute approximate surface area is 214 Å². The fourth-order valence-electron chi connectivity index (χ4n) is 9.86. The number of aliphatic hydroxyl groups is 1. The fourth-order valence-corrected chi connectivity index (χ4v) is 9.86. The predicted molar refractivity (Wildman–Crippen MR) is 144 cm³/mol. The third-order valence-corrected chi connectivity index (χ3v) is 11.8. The van der Waals surface area contributed by atoms with Crippen molar-refractivity contribution >= 4 is 0 Å². The number of rotatable bonds is 8. The third kappa shape index (κ3) is 4.64. The molecule has 0 spiro atoms. The summed E-state index contributed by atoms with van der Waals surface area (Å²) in [6.07, 6.45) is 12.6. The van der Waals surface area contributed by atoms with Gasteiger partial charge in [0.05, 0.1) is 12.2 Å². The molecule has 9 atom stereocenters. The lowest BCUT2D eigenvalue weighted by molar-refractivity contribution is -0.165. The van der Waals surface area contributed by atoms with Gasteiger partial charge in [0.2, 0.25) is 0 Å². The molecule has 0 saturated heterocycles. The Kier molecular flexibility index (Phi) is 7.43. The monoisotopic (exact) mass is 481 g/mol. The van der Waals surface area contributed by atoms with Crippen LogP contribution in [-0.2, 0) is 11.3 Å². The Balaban J connectivity index is 1.28. The molecule has 5 rings (SSSR count). The van der Waals surface area contributed by atoms with E-state index in [-0.39, 0.29) is 0 Å². The van der Waals surface area contributed by atoms with E-state index in [4.69, 9.17) is 4.74 Å². The molecule has 196 valence electrons. The lowest BCUT2D eigenvalue weighted by Crippen LogP contribution is -2.57. The average molecular weight is 482 g/mol. The maximum absolute atomic E-state index is 11.3. The molecule has 1 unspecified atom stereocenters. The van der Waals surface area contributed by atoms with E-state index in [1.807, 2.05) is 6.92 Å². The molecule has 0 aromatic heterocycles. The summed E-state index contributed by atoms with van der Waals surface area (Å²) in [5, 5.41) is 15.3. The van der Waals surface area contributed by atoms with E-state index in [0.717, 1.165) is 43.1 Å². The number of hydrogen-bond acceptors (Lipinski definition) is 3. The lowest BCUT2D eigenvalue weighted by atomic mass is 9.43. The number of ether oxygens (including phenoxy) is 1. The van der Waals surface area contributed by atoms with Crippen molar-refractivity contribution in [1.82, 2.24) is 5.32 Å². The highest BCUT2D eigenvalue weighted by molar-refractivity contribution is 5.15. The molecule has 0 bridgehead atoms. The molecule has 4 aliphatic carbocycles. The molecule has 4 saturated carbocycles. The quantitative estimate of drug-likeness (QED) is 0.421. The van der Waals surface area contributed by atoms with Gasteiger partial charge in [-0.1, -0.05) is 51.1 Å². The number of fused-ring (bicyclic) bond motifs is 5. The van der Waals surface area contributed by atoms with Gasteiger partial charge < -0.3 is 15.2 Å². The molecule has 2 N–H and O–H groups in total. The molecule has 0 radical (unpaired) electrons. The standard InChI is InChI=1S/C32H51NO2/c1-5-29(33-21-23-10-8-7-9-11-23)28-15-14-26-25-13-12-24-20-32(34,22-35-6-2)19-18-30(24,3)27(25)16-17-31(26,28)4/h7-11,24-29,33-34H,5-6,12-22H2,1-4H3/t24-,25+,26+,27+,28-,29?,30+,31+,32-/m1/s1. The summed E-state index contributed by atoms with van der Waals surface area (Å²) in [5.41, 5.74) is 1.71. The summed E-state index contributed by atoms with van der Waals surface area (Å²) in [6, 6.07) is 11.6. The van der Waals surface area contributed by atoms with E-state index in [1.165, 1.54) is 56.9 Å². The summed E-state index contributed by atoms with van der Waals surface area (Å²) in [4.78, 5) is 0. The minimum atomic E-state index is -0.590. The van der Waals surface area contributed by atoms with Gasteiger partial charge in [0.1, 0.15) is 0 Å². The van der Waals surface area contributed by atoms with Crippen molar-refractivity contribution in [3.8, 4) is 0 Å². The van der Waals surface area contributed by atoms with Gasteiger partial charge in [-0.2, -0.15) is 0 Å². The summed E-state index contributed by atoms with van der Waals surface area (Å²) in [5.74, 6) is 4.10. The van der Waals surface area contributed by atoms with Crippen molar-refractivity contribution in [2.24, 2.45) is 40.4 Å². The van der Waals surface area contributed by atoms with E-state index >= 15 is 0 Å². The van der Waals surface area contributed by atoms with Crippen molar-refractivity contribution < 1.29 is 9.84 Å². The first kappa shape index (κ1) is 25.7. The highest BCUT2D eigenvalue weighted by atomic mass is 16.5. The second-order valence-corrected chi connectivity index (χ2v) is 13.3. The van der Waals surface area contributed by atoms with Crippen molar-refractivity contribution in [2.45, 2.75) is 110 Å². The Morgan fingerprint density at radius 2 is 1.71 bits per heavy atom. The third-order valence-electron chi connectivity index (χ3n) is 11.8. The first-order valence-corrected chi connectivity index (χ1v) is 14.9. The van der Waals surface area contributed by atoms with Gasteiger partial charge in [-0.05, 0) is 117 Å². The molecular formula is C32H51NO2. The van der Waals surface area contributed by atoms with Crippen LogP contribution in [0.15, 0.2) is 30.3 Å². The van der Waals surface area contributed by atoms with Gasteiger partial charge in [0.15, 0.2) is 0 Å². The minimum Gasteiger partial charge on any atom is -0.387 e. The Hall–Kier alpha value is -0.900. The van der Waals surface area contributed by atoms with Crippen LogP contribution in [0, 0.1) is 40.4 Å². The average Bonchev–Trinajstić information content (AvgIpc) is 3.22. The van der Waals surface area contributed by atoms with Crippen LogP contribution in [0.25, 0.3) is 0 Å². The summed E-state index contributed by atoms with van der Waals surface area (Å²) < 4.78 is 5.70. The van der Waals surface area contributed by atoms with Crippen molar-refractivity contribution in [3.05, 3.63) is 35.9 Å². The lowest BCUT2D eigenvalue weighted by Gasteiger charge is -2.62. The van der Waals surface area contributed by atoms with Crippen LogP contribution >= 0.6 is 0 Å². The van der Waals surface area contributed by atoms with Crippen LogP contribution in [0.2, 0.25) is 0 Å². The van der Waals surface area contributed by atoms with Gasteiger partial charge in [-0.3, -0.25) is 0 Å². The predicted octanol–water partition coefficient (Wildman–Crippen LogP) is 6.98. The van der Waals surface area contributed by atoms with Crippen molar-refractivity contribution in [3.63, 3.8) is 0 Å². The Bertz CT molecular complexity index is 843. The van der Waals surface area contributed by atoms with Gasteiger partial charge >= 0.3 is 0 Å². The summed E-state index contributed by atoms with van der Waals surface area (Å²) in [6.45, 7) is 11.9. The molecule has 0 amide bonds. The van der Waals surface area contributed by atoms with E-state index in [1.54, 1.807) is 0 Å². The molecular weight excluding hydrogens is 430 g/mol. The smallest absolute Gasteiger partial charge is 0.0883 e. The van der Waals surface area contributed by atoms with Crippen LogP contribution in [0.4, 0.5) is 0 Å². The van der Waals surface area contributed by atoms with Crippen LogP contribution in [0.3, 0.4) is 0 Å². The largest absolute Gasteiger partial charge is 0.387 e. The van der Waals surface area contributed by atoms with Crippen LogP contribution in [0.1, 0.15) is 97.5 Å². The highest BCUT2D eigenvalue weighted by Gasteiger charge is 2.61. The molecule has 4 fully saturated rings. The van der Waals surface area contributed by atoms with Crippen molar-refractivity contribution in [1.29, 1.82) is 0 Å². The zero-order valence-corrected chi connectivity index (χ0v) is 22.9. The fraction of sp³-hybridized carbons (Fsp3) is 0.812. The Morgan fingerprint density at radius 3 is 2.46 bits per heavy atom. The minimum absolute atomic E-state index is 0.413. The van der Waals surface area contributed by atoms with Crippen molar-refractivity contribution in [2.75, 3.05) is 13.2 Å². The second kappa shape index (κ2) is 10.1. The van der Waals surface area contributed by atoms with Crippen LogP contribution < -0.4 is 5.32 Å². The molecule has 3 heteroatoms. The first-order valence-electron chi connectivity index (χ1n) is 14.9. The normalized spacial score (nSPS) is 43.7. The molecule has 3 nitrogen and oxygen atoms in total. The van der Waals surface area contributed by atoms with Crippen LogP contribution in [0.5, 0.6) is 0 Å². The number of hydrogen-bond donors (Lipinski definition) is 2. The summed E-state index contributed by atoms with van der Waals surface area (Å²) in [7, 11) is 0. The van der Waals surface area contributed by atoms with Gasteiger partial charge in [-0.25, -0.2) is 0 Å². The zero-order valence-electron chi connectivity index (χ0n) is 22.9. The first-order chi connectivity index (χ1) is 16.8. The van der Waals surface area contributed by atoms with E-state index < -0.39 is 5.60 Å². The molecule has 0 aliphatic heterocycles. The zero-order chi connectivity index (χ0) is 24.7. The topological polar surface area (TPSA) is 41.5 Å². The summed E-state index contributed by atoms with van der Waals surface area (Å²) >= 11 is 0. The SMILES string of the molecule is CCOC[C@@]1(O)CC[C@@]2(C)[C@H](CC[C@@H]3[C@@H]2CC[C@]2(C)[C@@H](C(CC)NCc4ccccc4)CC[C@@H]32)C1. The molecule has 0 heterocycles.